The number of halogens is 1. The van der Waals surface area contributed by atoms with Crippen LogP contribution in [0.2, 0.25) is 5.28 Å². The first-order chi connectivity index (χ1) is 8.54. The molecular formula is C12H14ClN3O2. The van der Waals surface area contributed by atoms with Crippen molar-refractivity contribution in [3.8, 4) is 0 Å². The van der Waals surface area contributed by atoms with Crippen LogP contribution in [0.3, 0.4) is 0 Å². The molecule has 1 heterocycles. The molecule has 96 valence electrons. The summed E-state index contributed by atoms with van der Waals surface area (Å²) in [6, 6.07) is 5.27. The van der Waals surface area contributed by atoms with E-state index < -0.39 is 6.09 Å². The molecule has 0 aliphatic heterocycles. The second-order valence-corrected chi connectivity index (χ2v) is 4.73. The van der Waals surface area contributed by atoms with Gasteiger partial charge in [-0.15, -0.1) is 0 Å². The molecule has 1 aromatic heterocycles. The lowest BCUT2D eigenvalue weighted by Gasteiger charge is -2.08. The number of aromatic amines is 1. The quantitative estimate of drug-likeness (QED) is 0.895. The van der Waals surface area contributed by atoms with Gasteiger partial charge in [0, 0.05) is 5.69 Å². The van der Waals surface area contributed by atoms with Crippen molar-refractivity contribution in [2.24, 2.45) is 5.92 Å². The minimum absolute atomic E-state index is 0.310. The second-order valence-electron chi connectivity index (χ2n) is 4.38. The molecule has 0 bridgehead atoms. The normalized spacial score (nSPS) is 10.9. The van der Waals surface area contributed by atoms with Crippen LogP contribution in [0.5, 0.6) is 0 Å². The zero-order valence-corrected chi connectivity index (χ0v) is 10.9. The van der Waals surface area contributed by atoms with E-state index in [4.69, 9.17) is 16.3 Å². The summed E-state index contributed by atoms with van der Waals surface area (Å²) in [6.45, 7) is 4.35. The molecular weight excluding hydrogens is 254 g/mol. The van der Waals surface area contributed by atoms with E-state index in [1.807, 2.05) is 13.8 Å². The largest absolute Gasteiger partial charge is 0.449 e. The summed E-state index contributed by atoms with van der Waals surface area (Å²) in [6.07, 6.45) is -0.464. The van der Waals surface area contributed by atoms with E-state index in [2.05, 4.69) is 15.3 Å². The second kappa shape index (κ2) is 5.27. The van der Waals surface area contributed by atoms with E-state index in [1.54, 1.807) is 18.2 Å². The summed E-state index contributed by atoms with van der Waals surface area (Å²) in [5, 5.41) is 2.97. The summed E-state index contributed by atoms with van der Waals surface area (Å²) in [7, 11) is 0. The Morgan fingerprint density at radius 1 is 1.56 bits per heavy atom. The molecule has 0 aliphatic rings. The monoisotopic (exact) mass is 267 g/mol. The topological polar surface area (TPSA) is 67.0 Å². The molecule has 0 aliphatic carbocycles. The SMILES string of the molecule is CC(C)COC(=O)Nc1ccc2nc(Cl)[nH]c2c1. The maximum Gasteiger partial charge on any atom is 0.411 e. The van der Waals surface area contributed by atoms with Crippen LogP contribution >= 0.6 is 11.6 Å². The summed E-state index contributed by atoms with van der Waals surface area (Å²) in [5.41, 5.74) is 2.15. The van der Waals surface area contributed by atoms with Crippen molar-refractivity contribution < 1.29 is 9.53 Å². The van der Waals surface area contributed by atoms with Crippen LogP contribution in [-0.2, 0) is 4.74 Å². The van der Waals surface area contributed by atoms with Crippen LogP contribution in [0.25, 0.3) is 11.0 Å². The molecule has 2 aromatic rings. The van der Waals surface area contributed by atoms with E-state index >= 15 is 0 Å². The van der Waals surface area contributed by atoms with Gasteiger partial charge in [-0.1, -0.05) is 13.8 Å². The summed E-state index contributed by atoms with van der Waals surface area (Å²) < 4.78 is 5.02. The predicted molar refractivity (Wildman–Crippen MR) is 70.9 cm³/mol. The van der Waals surface area contributed by atoms with Crippen molar-refractivity contribution in [3.05, 3.63) is 23.5 Å². The van der Waals surface area contributed by atoms with Crippen molar-refractivity contribution in [1.29, 1.82) is 0 Å². The molecule has 2 rings (SSSR count). The molecule has 0 spiro atoms. The van der Waals surface area contributed by atoms with Gasteiger partial charge >= 0.3 is 6.09 Å². The van der Waals surface area contributed by atoms with Crippen LogP contribution in [0, 0.1) is 5.92 Å². The van der Waals surface area contributed by atoms with Gasteiger partial charge in [-0.05, 0) is 35.7 Å². The molecule has 0 fully saturated rings. The number of nitrogens with one attached hydrogen (secondary N) is 2. The molecule has 2 N–H and O–H groups in total. The van der Waals surface area contributed by atoms with E-state index in [9.17, 15) is 4.79 Å². The Balaban J connectivity index is 2.05. The van der Waals surface area contributed by atoms with Crippen molar-refractivity contribution in [1.82, 2.24) is 9.97 Å². The van der Waals surface area contributed by atoms with Gasteiger partial charge in [0.05, 0.1) is 17.6 Å². The third-order valence-electron chi connectivity index (χ3n) is 2.25. The number of hydrogen-bond donors (Lipinski definition) is 2. The average Bonchev–Trinajstić information content (AvgIpc) is 2.66. The smallest absolute Gasteiger partial charge is 0.411 e. The zero-order chi connectivity index (χ0) is 13.1. The number of rotatable bonds is 3. The number of hydrogen-bond acceptors (Lipinski definition) is 3. The lowest BCUT2D eigenvalue weighted by molar-refractivity contribution is 0.147. The van der Waals surface area contributed by atoms with E-state index in [0.717, 1.165) is 11.0 Å². The van der Waals surface area contributed by atoms with Crippen molar-refractivity contribution in [3.63, 3.8) is 0 Å². The molecule has 0 saturated heterocycles. The first-order valence-electron chi connectivity index (χ1n) is 5.63. The molecule has 6 heteroatoms. The summed E-state index contributed by atoms with van der Waals surface area (Å²) in [4.78, 5) is 18.4. The Hall–Kier alpha value is -1.75. The highest BCUT2D eigenvalue weighted by atomic mass is 35.5. The molecule has 5 nitrogen and oxygen atoms in total. The zero-order valence-electron chi connectivity index (χ0n) is 10.2. The Labute approximate surface area is 109 Å². The lowest BCUT2D eigenvalue weighted by Crippen LogP contribution is -2.16. The Morgan fingerprint density at radius 2 is 2.33 bits per heavy atom. The molecule has 18 heavy (non-hydrogen) atoms. The highest BCUT2D eigenvalue weighted by Crippen LogP contribution is 2.19. The van der Waals surface area contributed by atoms with Crippen LogP contribution in [-0.4, -0.2) is 22.7 Å². The molecule has 1 aromatic carbocycles. The summed E-state index contributed by atoms with van der Waals surface area (Å²) in [5.74, 6) is 0.310. The number of H-pyrrole nitrogens is 1. The van der Waals surface area contributed by atoms with Crippen molar-refractivity contribution in [2.75, 3.05) is 11.9 Å². The van der Waals surface area contributed by atoms with Gasteiger partial charge in [0.15, 0.2) is 0 Å². The fourth-order valence-corrected chi connectivity index (χ4v) is 1.65. The van der Waals surface area contributed by atoms with E-state index in [1.165, 1.54) is 0 Å². The maximum atomic E-state index is 11.5. The minimum Gasteiger partial charge on any atom is -0.449 e. The third-order valence-corrected chi connectivity index (χ3v) is 2.43. The van der Waals surface area contributed by atoms with Gasteiger partial charge in [0.25, 0.3) is 0 Å². The number of carbonyl (C=O) groups excluding carboxylic acids is 1. The highest BCUT2D eigenvalue weighted by Gasteiger charge is 2.06. The van der Waals surface area contributed by atoms with Crippen LogP contribution in [0.15, 0.2) is 18.2 Å². The number of carbonyl (C=O) groups is 1. The Bertz CT molecular complexity index is 565. The number of amides is 1. The molecule has 0 saturated carbocycles. The fourth-order valence-electron chi connectivity index (χ4n) is 1.45. The number of aromatic nitrogens is 2. The van der Waals surface area contributed by atoms with Crippen molar-refractivity contribution in [2.45, 2.75) is 13.8 Å². The highest BCUT2D eigenvalue weighted by molar-refractivity contribution is 6.29. The lowest BCUT2D eigenvalue weighted by atomic mass is 10.2. The van der Waals surface area contributed by atoms with Gasteiger partial charge in [-0.3, -0.25) is 5.32 Å². The molecule has 0 atom stereocenters. The van der Waals surface area contributed by atoms with Gasteiger partial charge < -0.3 is 9.72 Å². The number of anilines is 1. The maximum absolute atomic E-state index is 11.5. The predicted octanol–water partition coefficient (Wildman–Crippen LogP) is 3.42. The standard InChI is InChI=1S/C12H14ClN3O2/c1-7(2)6-18-12(17)14-8-3-4-9-10(5-8)16-11(13)15-9/h3-5,7H,6H2,1-2H3,(H,14,17)(H,15,16). The van der Waals surface area contributed by atoms with E-state index in [0.29, 0.717) is 23.5 Å². The number of fused-ring (bicyclic) bond motifs is 1. The van der Waals surface area contributed by atoms with Gasteiger partial charge in [-0.25, -0.2) is 9.78 Å². The molecule has 0 radical (unpaired) electrons. The van der Waals surface area contributed by atoms with Crippen molar-refractivity contribution >= 4 is 34.4 Å². The van der Waals surface area contributed by atoms with Crippen LogP contribution < -0.4 is 5.32 Å². The van der Waals surface area contributed by atoms with Crippen LogP contribution in [0.4, 0.5) is 10.5 Å². The van der Waals surface area contributed by atoms with Gasteiger partial charge in [-0.2, -0.15) is 0 Å². The number of imidazole rings is 1. The number of nitrogens with zero attached hydrogens (tertiary/aromatic N) is 1. The molecule has 1 amide bonds. The Morgan fingerprint density at radius 3 is 3.06 bits per heavy atom. The van der Waals surface area contributed by atoms with Gasteiger partial charge in [0.2, 0.25) is 5.28 Å². The Kier molecular flexibility index (Phi) is 3.72. The average molecular weight is 268 g/mol. The van der Waals surface area contributed by atoms with Gasteiger partial charge in [0.1, 0.15) is 0 Å². The summed E-state index contributed by atoms with van der Waals surface area (Å²) >= 11 is 5.75. The number of ether oxygens (including phenoxy) is 1. The number of benzene rings is 1. The fraction of sp³-hybridized carbons (Fsp3) is 0.333. The third kappa shape index (κ3) is 3.13. The first kappa shape index (κ1) is 12.7. The minimum atomic E-state index is -0.464. The first-order valence-corrected chi connectivity index (χ1v) is 6.01. The van der Waals surface area contributed by atoms with E-state index in [-0.39, 0.29) is 0 Å². The van der Waals surface area contributed by atoms with Crippen LogP contribution in [0.1, 0.15) is 13.8 Å². The molecule has 0 unspecified atom stereocenters.